The van der Waals surface area contributed by atoms with Gasteiger partial charge in [-0.15, -0.1) is 11.6 Å². The number of alkyl halides is 1. The first-order chi connectivity index (χ1) is 8.56. The van der Waals surface area contributed by atoms with Gasteiger partial charge in [0, 0.05) is 11.4 Å². The first-order valence-electron chi connectivity index (χ1n) is 6.34. The highest BCUT2D eigenvalue weighted by Gasteiger charge is 2.23. The summed E-state index contributed by atoms with van der Waals surface area (Å²) in [6, 6.07) is 0. The summed E-state index contributed by atoms with van der Waals surface area (Å²) in [5, 5.41) is 3.46. The van der Waals surface area contributed by atoms with Crippen LogP contribution < -0.4 is 10.1 Å². The maximum atomic E-state index is 5.85. The van der Waals surface area contributed by atoms with E-state index in [1.807, 2.05) is 13.8 Å². The Labute approximate surface area is 114 Å². The molecular formula is C13H22ClN3O. The lowest BCUT2D eigenvalue weighted by molar-refractivity contribution is 0.323. The van der Waals surface area contributed by atoms with Gasteiger partial charge in [-0.2, -0.15) is 0 Å². The third-order valence-corrected chi connectivity index (χ3v) is 3.35. The van der Waals surface area contributed by atoms with Crippen molar-refractivity contribution in [1.82, 2.24) is 9.97 Å². The minimum Gasteiger partial charge on any atom is -0.478 e. The molecule has 0 aliphatic heterocycles. The van der Waals surface area contributed by atoms with Crippen molar-refractivity contribution in [3.05, 3.63) is 11.9 Å². The van der Waals surface area contributed by atoms with Crippen LogP contribution in [0.4, 0.5) is 5.82 Å². The average Bonchev–Trinajstić information content (AvgIpc) is 2.35. The van der Waals surface area contributed by atoms with Gasteiger partial charge in [-0.05, 0) is 33.6 Å². The van der Waals surface area contributed by atoms with Gasteiger partial charge in [0.2, 0.25) is 5.88 Å². The normalized spacial score (nSPS) is 14.1. The predicted octanol–water partition coefficient (Wildman–Crippen LogP) is 3.39. The Morgan fingerprint density at radius 2 is 2.11 bits per heavy atom. The fraction of sp³-hybridized carbons (Fsp3) is 0.692. The molecule has 0 amide bonds. The number of hydrogen-bond donors (Lipinski definition) is 1. The molecule has 1 aromatic heterocycles. The summed E-state index contributed by atoms with van der Waals surface area (Å²) in [5.41, 5.74) is 0.887. The maximum Gasteiger partial charge on any atom is 0.221 e. The van der Waals surface area contributed by atoms with Crippen LogP contribution in [0.2, 0.25) is 0 Å². The minimum atomic E-state index is -0.0512. The van der Waals surface area contributed by atoms with E-state index in [0.717, 1.165) is 24.2 Å². The topological polar surface area (TPSA) is 47.0 Å². The van der Waals surface area contributed by atoms with E-state index in [1.54, 1.807) is 0 Å². The van der Waals surface area contributed by atoms with Crippen LogP contribution in [0.3, 0.4) is 0 Å². The molecule has 1 unspecified atom stereocenters. The molecule has 18 heavy (non-hydrogen) atoms. The summed E-state index contributed by atoms with van der Waals surface area (Å²) < 4.78 is 5.47. The van der Waals surface area contributed by atoms with Crippen molar-refractivity contribution in [1.29, 1.82) is 0 Å². The Hall–Kier alpha value is -1.03. The molecule has 0 bridgehead atoms. The second-order valence-corrected chi connectivity index (χ2v) is 4.94. The third-order valence-electron chi connectivity index (χ3n) is 3.17. The van der Waals surface area contributed by atoms with Gasteiger partial charge < -0.3 is 10.1 Å². The van der Waals surface area contributed by atoms with Crippen LogP contribution in [0, 0.1) is 6.92 Å². The molecule has 4 nitrogen and oxygen atoms in total. The average molecular weight is 272 g/mol. The van der Waals surface area contributed by atoms with E-state index in [0.29, 0.717) is 18.4 Å². The molecule has 0 aliphatic rings. The number of aromatic nitrogens is 2. The number of anilines is 1. The molecule has 0 radical (unpaired) electrons. The molecule has 0 fully saturated rings. The van der Waals surface area contributed by atoms with E-state index in [2.05, 4.69) is 29.1 Å². The number of hydrogen-bond acceptors (Lipinski definition) is 4. The van der Waals surface area contributed by atoms with E-state index in [-0.39, 0.29) is 5.54 Å². The monoisotopic (exact) mass is 271 g/mol. The van der Waals surface area contributed by atoms with E-state index < -0.39 is 0 Å². The van der Waals surface area contributed by atoms with E-state index in [1.165, 1.54) is 6.33 Å². The van der Waals surface area contributed by atoms with Crippen LogP contribution >= 0.6 is 11.6 Å². The van der Waals surface area contributed by atoms with Gasteiger partial charge in [-0.1, -0.05) is 6.92 Å². The lowest BCUT2D eigenvalue weighted by Crippen LogP contribution is -2.35. The summed E-state index contributed by atoms with van der Waals surface area (Å²) in [6.07, 6.45) is 3.39. The maximum absolute atomic E-state index is 5.85. The molecule has 1 atom stereocenters. The Balaban J connectivity index is 2.92. The van der Waals surface area contributed by atoms with Crippen LogP contribution in [0.1, 0.15) is 39.2 Å². The van der Waals surface area contributed by atoms with Crippen LogP contribution in [0.25, 0.3) is 0 Å². The molecule has 1 N–H and O–H groups in total. The van der Waals surface area contributed by atoms with Gasteiger partial charge in [-0.3, -0.25) is 0 Å². The fourth-order valence-electron chi connectivity index (χ4n) is 1.66. The van der Waals surface area contributed by atoms with Crippen LogP contribution in [-0.4, -0.2) is 28.0 Å². The highest BCUT2D eigenvalue weighted by atomic mass is 35.5. The van der Waals surface area contributed by atoms with E-state index in [9.17, 15) is 0 Å². The smallest absolute Gasteiger partial charge is 0.221 e. The Morgan fingerprint density at radius 1 is 1.39 bits per heavy atom. The highest BCUT2D eigenvalue weighted by molar-refractivity contribution is 6.17. The van der Waals surface area contributed by atoms with Crippen molar-refractivity contribution >= 4 is 17.4 Å². The molecule has 0 saturated heterocycles. The van der Waals surface area contributed by atoms with Crippen LogP contribution in [-0.2, 0) is 0 Å². The predicted molar refractivity (Wildman–Crippen MR) is 75.6 cm³/mol. The fourth-order valence-corrected chi connectivity index (χ4v) is 2.08. The lowest BCUT2D eigenvalue weighted by Gasteiger charge is -2.30. The van der Waals surface area contributed by atoms with Gasteiger partial charge >= 0.3 is 0 Å². The number of ether oxygens (including phenoxy) is 1. The van der Waals surface area contributed by atoms with E-state index >= 15 is 0 Å². The van der Waals surface area contributed by atoms with Crippen molar-refractivity contribution in [2.24, 2.45) is 0 Å². The van der Waals surface area contributed by atoms with E-state index in [4.69, 9.17) is 16.3 Å². The number of halogens is 1. The highest BCUT2D eigenvalue weighted by Crippen LogP contribution is 2.26. The molecule has 0 saturated carbocycles. The lowest BCUT2D eigenvalue weighted by atomic mass is 9.95. The molecule has 0 spiro atoms. The Kier molecular flexibility index (Phi) is 5.66. The van der Waals surface area contributed by atoms with Gasteiger partial charge in [-0.25, -0.2) is 9.97 Å². The van der Waals surface area contributed by atoms with Crippen LogP contribution in [0.15, 0.2) is 6.33 Å². The van der Waals surface area contributed by atoms with Crippen molar-refractivity contribution in [2.45, 2.75) is 46.1 Å². The molecule has 102 valence electrons. The number of nitrogens with zero attached hydrogens (tertiary/aromatic N) is 2. The van der Waals surface area contributed by atoms with Crippen LogP contribution in [0.5, 0.6) is 5.88 Å². The number of nitrogens with one attached hydrogen (secondary N) is 1. The first kappa shape index (κ1) is 15.0. The third kappa shape index (κ3) is 3.73. The molecule has 0 aliphatic carbocycles. The Morgan fingerprint density at radius 3 is 2.67 bits per heavy atom. The van der Waals surface area contributed by atoms with Gasteiger partial charge in [0.15, 0.2) is 0 Å². The molecule has 1 aromatic rings. The second kappa shape index (κ2) is 6.78. The molecule has 1 rings (SSSR count). The zero-order valence-electron chi connectivity index (χ0n) is 11.6. The van der Waals surface area contributed by atoms with Crippen molar-refractivity contribution in [2.75, 3.05) is 17.8 Å². The second-order valence-electron chi connectivity index (χ2n) is 4.56. The van der Waals surface area contributed by atoms with Crippen molar-refractivity contribution in [3.63, 3.8) is 0 Å². The minimum absolute atomic E-state index is 0.0512. The Bertz CT molecular complexity index is 386. The number of rotatable bonds is 7. The van der Waals surface area contributed by atoms with Crippen molar-refractivity contribution in [3.8, 4) is 5.88 Å². The SMILES string of the molecule is CCOc1ncnc(NC(C)(CC)CCCl)c1C. The largest absolute Gasteiger partial charge is 0.478 e. The zero-order chi connectivity index (χ0) is 13.6. The summed E-state index contributed by atoms with van der Waals surface area (Å²) in [7, 11) is 0. The summed E-state index contributed by atoms with van der Waals surface area (Å²) in [5.74, 6) is 2.09. The molecule has 1 heterocycles. The van der Waals surface area contributed by atoms with Gasteiger partial charge in [0.25, 0.3) is 0 Å². The quantitative estimate of drug-likeness (QED) is 0.772. The van der Waals surface area contributed by atoms with Gasteiger partial charge in [0.05, 0.1) is 12.2 Å². The zero-order valence-corrected chi connectivity index (χ0v) is 12.3. The molecule has 5 heteroatoms. The summed E-state index contributed by atoms with van der Waals surface area (Å²) in [4.78, 5) is 8.42. The summed E-state index contributed by atoms with van der Waals surface area (Å²) >= 11 is 5.85. The summed E-state index contributed by atoms with van der Waals surface area (Å²) in [6.45, 7) is 8.79. The van der Waals surface area contributed by atoms with Gasteiger partial charge in [0.1, 0.15) is 12.1 Å². The standard InChI is InChI=1S/C13H22ClN3O/c1-5-13(4,7-8-14)17-11-10(3)12(18-6-2)16-9-15-11/h9H,5-8H2,1-4H3,(H,15,16,17). The van der Waals surface area contributed by atoms with Crippen molar-refractivity contribution < 1.29 is 4.74 Å². The molecular weight excluding hydrogens is 250 g/mol. The first-order valence-corrected chi connectivity index (χ1v) is 6.88. The molecule has 0 aromatic carbocycles.